The molecule has 0 aliphatic rings. The van der Waals surface area contributed by atoms with Crippen LogP contribution in [-0.2, 0) is 0 Å². The maximum atomic E-state index is 11.0. The highest BCUT2D eigenvalue weighted by atomic mass is 16.3. The van der Waals surface area contributed by atoms with E-state index in [4.69, 9.17) is 5.73 Å². The lowest BCUT2D eigenvalue weighted by Crippen LogP contribution is -2.12. The highest BCUT2D eigenvalue weighted by Crippen LogP contribution is 2.20. The van der Waals surface area contributed by atoms with Gasteiger partial charge in [-0.1, -0.05) is 18.2 Å². The molecule has 5 heteroatoms. The summed E-state index contributed by atoms with van der Waals surface area (Å²) in [7, 11) is 0. The van der Waals surface area contributed by atoms with E-state index in [1.165, 1.54) is 4.68 Å². The van der Waals surface area contributed by atoms with Crippen molar-refractivity contribution in [1.29, 1.82) is 0 Å². The monoisotopic (exact) mass is 231 g/mol. The summed E-state index contributed by atoms with van der Waals surface area (Å²) in [5.74, 6) is -0.571. The van der Waals surface area contributed by atoms with E-state index in [-0.39, 0.29) is 5.69 Å². The number of carbonyl (C=O) groups excluding carboxylic acids is 1. The van der Waals surface area contributed by atoms with Crippen LogP contribution < -0.4 is 5.73 Å². The summed E-state index contributed by atoms with van der Waals surface area (Å²) >= 11 is 0. The average Bonchev–Trinajstić information content (AvgIpc) is 2.78. The standard InChI is InChI=1S/C12H13N3O2/c1-8(16)9-4-2-3-5-11(9)15-7-6-10(14-15)12(13)17/h2-8,16H,1H3,(H2,13,17)/t8-/m1/s1. The summed E-state index contributed by atoms with van der Waals surface area (Å²) < 4.78 is 1.53. The Bertz CT molecular complexity index is 546. The quantitative estimate of drug-likeness (QED) is 0.827. The van der Waals surface area contributed by atoms with Crippen LogP contribution in [0.5, 0.6) is 0 Å². The zero-order valence-electron chi connectivity index (χ0n) is 9.37. The largest absolute Gasteiger partial charge is 0.389 e. The van der Waals surface area contributed by atoms with Gasteiger partial charge in [0.25, 0.3) is 5.91 Å². The highest BCUT2D eigenvalue weighted by molar-refractivity contribution is 5.90. The van der Waals surface area contributed by atoms with Crippen LogP contribution in [-0.4, -0.2) is 20.8 Å². The van der Waals surface area contributed by atoms with Gasteiger partial charge in [-0.25, -0.2) is 4.68 Å². The SMILES string of the molecule is C[C@@H](O)c1ccccc1-n1ccc(C(N)=O)n1. The highest BCUT2D eigenvalue weighted by Gasteiger charge is 2.11. The van der Waals surface area contributed by atoms with E-state index in [1.54, 1.807) is 19.2 Å². The van der Waals surface area contributed by atoms with Gasteiger partial charge >= 0.3 is 0 Å². The van der Waals surface area contributed by atoms with Crippen LogP contribution in [0, 0.1) is 0 Å². The van der Waals surface area contributed by atoms with Crippen LogP contribution in [0.2, 0.25) is 0 Å². The number of benzene rings is 1. The number of aliphatic hydroxyl groups excluding tert-OH is 1. The molecule has 0 aliphatic carbocycles. The molecule has 0 saturated carbocycles. The maximum Gasteiger partial charge on any atom is 0.269 e. The number of rotatable bonds is 3. The lowest BCUT2D eigenvalue weighted by Gasteiger charge is -2.11. The van der Waals surface area contributed by atoms with Crippen LogP contribution in [0.1, 0.15) is 29.1 Å². The molecule has 1 amide bonds. The third kappa shape index (κ3) is 2.19. The first-order valence-electron chi connectivity index (χ1n) is 5.22. The molecule has 1 atom stereocenters. The Kier molecular flexibility index (Phi) is 2.93. The van der Waals surface area contributed by atoms with Crippen LogP contribution in [0.3, 0.4) is 0 Å². The van der Waals surface area contributed by atoms with Crippen molar-refractivity contribution in [3.8, 4) is 5.69 Å². The van der Waals surface area contributed by atoms with E-state index in [2.05, 4.69) is 5.10 Å². The minimum Gasteiger partial charge on any atom is -0.389 e. The van der Waals surface area contributed by atoms with E-state index < -0.39 is 12.0 Å². The van der Waals surface area contributed by atoms with Crippen molar-refractivity contribution in [1.82, 2.24) is 9.78 Å². The second-order valence-corrected chi connectivity index (χ2v) is 3.74. The van der Waals surface area contributed by atoms with Gasteiger partial charge in [0, 0.05) is 11.8 Å². The molecule has 5 nitrogen and oxygen atoms in total. The van der Waals surface area contributed by atoms with Crippen molar-refractivity contribution in [3.05, 3.63) is 47.8 Å². The van der Waals surface area contributed by atoms with E-state index in [1.807, 2.05) is 24.3 Å². The Morgan fingerprint density at radius 2 is 2.12 bits per heavy atom. The number of para-hydroxylation sites is 1. The fraction of sp³-hybridized carbons (Fsp3) is 0.167. The number of hydrogen-bond donors (Lipinski definition) is 2. The molecule has 2 aromatic rings. The molecule has 1 aromatic carbocycles. The third-order valence-electron chi connectivity index (χ3n) is 2.48. The molecule has 1 heterocycles. The number of nitrogens with two attached hydrogens (primary N) is 1. The fourth-order valence-electron chi connectivity index (χ4n) is 1.64. The number of nitrogens with zero attached hydrogens (tertiary/aromatic N) is 2. The smallest absolute Gasteiger partial charge is 0.269 e. The molecule has 3 N–H and O–H groups in total. The summed E-state index contributed by atoms with van der Waals surface area (Å²) in [6.45, 7) is 1.68. The Hall–Kier alpha value is -2.14. The molecule has 0 fully saturated rings. The third-order valence-corrected chi connectivity index (χ3v) is 2.48. The van der Waals surface area contributed by atoms with Crippen LogP contribution in [0.4, 0.5) is 0 Å². The summed E-state index contributed by atoms with van der Waals surface area (Å²) in [5, 5.41) is 13.7. The molecule has 0 aliphatic heterocycles. The molecule has 0 spiro atoms. The summed E-state index contributed by atoms with van der Waals surface area (Å²) in [6, 6.07) is 8.85. The Morgan fingerprint density at radius 3 is 2.71 bits per heavy atom. The van der Waals surface area contributed by atoms with Gasteiger partial charge in [0.05, 0.1) is 11.8 Å². The molecule has 1 aromatic heterocycles. The van der Waals surface area contributed by atoms with E-state index in [0.717, 1.165) is 11.3 Å². The van der Waals surface area contributed by atoms with Gasteiger partial charge in [0.2, 0.25) is 0 Å². The zero-order valence-corrected chi connectivity index (χ0v) is 9.37. The van der Waals surface area contributed by atoms with Crippen molar-refractivity contribution in [3.63, 3.8) is 0 Å². The molecular formula is C12H13N3O2. The topological polar surface area (TPSA) is 81.1 Å². The predicted octanol–water partition coefficient (Wildman–Crippen LogP) is 1.02. The Morgan fingerprint density at radius 1 is 1.41 bits per heavy atom. The summed E-state index contributed by atoms with van der Waals surface area (Å²) in [6.07, 6.45) is 1.04. The van der Waals surface area contributed by atoms with Crippen molar-refractivity contribution in [2.75, 3.05) is 0 Å². The fourth-order valence-corrected chi connectivity index (χ4v) is 1.64. The molecule has 0 saturated heterocycles. The minimum absolute atomic E-state index is 0.199. The van der Waals surface area contributed by atoms with Crippen molar-refractivity contribution in [2.24, 2.45) is 5.73 Å². The van der Waals surface area contributed by atoms with E-state index >= 15 is 0 Å². The molecule has 88 valence electrons. The first kappa shape index (κ1) is 11.3. The van der Waals surface area contributed by atoms with Gasteiger partial charge in [0.15, 0.2) is 0 Å². The molecule has 0 bridgehead atoms. The normalized spacial score (nSPS) is 12.4. The lowest BCUT2D eigenvalue weighted by atomic mass is 10.1. The summed E-state index contributed by atoms with van der Waals surface area (Å²) in [4.78, 5) is 11.0. The van der Waals surface area contributed by atoms with Gasteiger partial charge in [-0.15, -0.1) is 0 Å². The zero-order chi connectivity index (χ0) is 12.4. The number of carbonyl (C=O) groups is 1. The first-order chi connectivity index (χ1) is 8.09. The summed E-state index contributed by atoms with van der Waals surface area (Å²) in [5.41, 5.74) is 6.81. The number of aliphatic hydroxyl groups is 1. The van der Waals surface area contributed by atoms with Crippen molar-refractivity contribution in [2.45, 2.75) is 13.0 Å². The Balaban J connectivity index is 2.48. The van der Waals surface area contributed by atoms with E-state index in [9.17, 15) is 9.90 Å². The van der Waals surface area contributed by atoms with E-state index in [0.29, 0.717) is 0 Å². The van der Waals surface area contributed by atoms with Crippen molar-refractivity contribution >= 4 is 5.91 Å². The number of aromatic nitrogens is 2. The minimum atomic E-state index is -0.604. The first-order valence-corrected chi connectivity index (χ1v) is 5.22. The second kappa shape index (κ2) is 4.39. The van der Waals surface area contributed by atoms with Crippen LogP contribution in [0.15, 0.2) is 36.5 Å². The van der Waals surface area contributed by atoms with Gasteiger partial charge in [-0.3, -0.25) is 4.79 Å². The van der Waals surface area contributed by atoms with Crippen LogP contribution in [0.25, 0.3) is 5.69 Å². The molecule has 2 rings (SSSR count). The average molecular weight is 231 g/mol. The van der Waals surface area contributed by atoms with Gasteiger partial charge < -0.3 is 10.8 Å². The maximum absolute atomic E-state index is 11.0. The Labute approximate surface area is 98.5 Å². The predicted molar refractivity (Wildman–Crippen MR) is 62.7 cm³/mol. The van der Waals surface area contributed by atoms with Crippen LogP contribution >= 0.6 is 0 Å². The number of hydrogen-bond acceptors (Lipinski definition) is 3. The van der Waals surface area contributed by atoms with Crippen molar-refractivity contribution < 1.29 is 9.90 Å². The lowest BCUT2D eigenvalue weighted by molar-refractivity contribution is 0.0995. The molecular weight excluding hydrogens is 218 g/mol. The molecule has 17 heavy (non-hydrogen) atoms. The molecule has 0 unspecified atom stereocenters. The van der Waals surface area contributed by atoms with Gasteiger partial charge in [-0.2, -0.15) is 5.10 Å². The second-order valence-electron chi connectivity index (χ2n) is 3.74. The van der Waals surface area contributed by atoms with Gasteiger partial charge in [-0.05, 0) is 19.1 Å². The number of amides is 1. The number of primary amides is 1. The van der Waals surface area contributed by atoms with Gasteiger partial charge in [0.1, 0.15) is 5.69 Å². The molecule has 0 radical (unpaired) electrons.